The molecule has 0 aliphatic carbocycles. The second kappa shape index (κ2) is 8.89. The summed E-state index contributed by atoms with van der Waals surface area (Å²) in [5.41, 5.74) is 2.47. The van der Waals surface area contributed by atoms with Crippen LogP contribution in [0.5, 0.6) is 5.75 Å². The zero-order valence-electron chi connectivity index (χ0n) is 15.2. The third-order valence-electron chi connectivity index (χ3n) is 3.76. The van der Waals surface area contributed by atoms with E-state index in [0.29, 0.717) is 22.9 Å². The van der Waals surface area contributed by atoms with Gasteiger partial charge in [-0.15, -0.1) is 0 Å². The van der Waals surface area contributed by atoms with Gasteiger partial charge < -0.3 is 20.5 Å². The maximum absolute atomic E-state index is 12.0. The Bertz CT molecular complexity index is 739. The normalized spacial score (nSPS) is 11.7. The smallest absolute Gasteiger partial charge is 0.322 e. The minimum Gasteiger partial charge on any atom is -0.481 e. The summed E-state index contributed by atoms with van der Waals surface area (Å²) >= 11 is 0. The van der Waals surface area contributed by atoms with Crippen LogP contribution in [0.15, 0.2) is 48.5 Å². The van der Waals surface area contributed by atoms with Crippen molar-refractivity contribution in [1.29, 1.82) is 0 Å². The highest BCUT2D eigenvalue weighted by molar-refractivity contribution is 5.89. The van der Waals surface area contributed by atoms with Crippen LogP contribution in [0.25, 0.3) is 0 Å². The van der Waals surface area contributed by atoms with Gasteiger partial charge in [-0.05, 0) is 48.2 Å². The van der Waals surface area contributed by atoms with E-state index >= 15 is 0 Å². The van der Waals surface area contributed by atoms with Crippen LogP contribution in [0.2, 0.25) is 0 Å². The molecule has 0 aromatic heterocycles. The van der Waals surface area contributed by atoms with Crippen molar-refractivity contribution in [3.05, 3.63) is 59.7 Å². The largest absolute Gasteiger partial charge is 0.481 e. The molecule has 0 aliphatic rings. The first kappa shape index (κ1) is 19.3. The summed E-state index contributed by atoms with van der Waals surface area (Å²) in [5, 5.41) is 14.1. The second-order valence-electron chi connectivity index (χ2n) is 6.35. The molecule has 0 saturated heterocycles. The number of carboxylic acid groups (broad SMARTS) is 1. The van der Waals surface area contributed by atoms with Crippen LogP contribution in [0.4, 0.5) is 10.5 Å². The van der Waals surface area contributed by atoms with Gasteiger partial charge in [0.25, 0.3) is 0 Å². The first-order valence-corrected chi connectivity index (χ1v) is 8.48. The van der Waals surface area contributed by atoms with Crippen LogP contribution < -0.4 is 15.4 Å². The van der Waals surface area contributed by atoms with Crippen LogP contribution in [0.3, 0.4) is 0 Å². The van der Waals surface area contributed by atoms with Gasteiger partial charge >= 0.3 is 12.0 Å². The number of carbonyl (C=O) groups is 2. The summed E-state index contributed by atoms with van der Waals surface area (Å²) < 4.78 is 5.68. The van der Waals surface area contributed by atoms with Crippen LogP contribution >= 0.6 is 0 Å². The Kier molecular flexibility index (Phi) is 6.60. The van der Waals surface area contributed by atoms with Gasteiger partial charge in [-0.2, -0.15) is 0 Å². The Balaban J connectivity index is 1.83. The zero-order chi connectivity index (χ0) is 19.1. The maximum atomic E-state index is 12.0. The third kappa shape index (κ3) is 6.12. The Morgan fingerprint density at radius 1 is 1.00 bits per heavy atom. The molecule has 0 bridgehead atoms. The molecule has 0 radical (unpaired) electrons. The van der Waals surface area contributed by atoms with Crippen molar-refractivity contribution < 1.29 is 19.4 Å². The van der Waals surface area contributed by atoms with Crippen LogP contribution in [0, 0.1) is 0 Å². The first-order chi connectivity index (χ1) is 12.3. The average Bonchev–Trinajstić information content (AvgIpc) is 2.56. The van der Waals surface area contributed by atoms with Gasteiger partial charge in [-0.3, -0.25) is 4.79 Å². The zero-order valence-corrected chi connectivity index (χ0v) is 15.2. The van der Waals surface area contributed by atoms with E-state index in [1.54, 1.807) is 31.2 Å². The van der Waals surface area contributed by atoms with E-state index in [1.165, 1.54) is 5.56 Å². The Labute approximate surface area is 153 Å². The standard InChI is InChI=1S/C20H24N2O4/c1-13(2)16-6-10-18(11-7-16)26-14(3)21-20(25)22-17-8-4-15(5-9-17)12-19(23)24/h4-11,13-14H,12H2,1-3H3,(H,23,24)(H2,21,22,25). The fraction of sp³-hybridized carbons (Fsp3) is 0.300. The quantitative estimate of drug-likeness (QED) is 0.655. The molecule has 0 spiro atoms. The lowest BCUT2D eigenvalue weighted by Crippen LogP contribution is -2.39. The van der Waals surface area contributed by atoms with Gasteiger partial charge in [0.1, 0.15) is 5.75 Å². The Hall–Kier alpha value is -3.02. The molecule has 26 heavy (non-hydrogen) atoms. The molecular formula is C20H24N2O4. The molecule has 2 rings (SSSR count). The SMILES string of the molecule is CC(NC(=O)Nc1ccc(CC(=O)O)cc1)Oc1ccc(C(C)C)cc1. The molecule has 0 heterocycles. The third-order valence-corrected chi connectivity index (χ3v) is 3.76. The molecule has 1 atom stereocenters. The second-order valence-corrected chi connectivity index (χ2v) is 6.35. The number of carboxylic acids is 1. The van der Waals surface area contributed by atoms with Gasteiger partial charge in [0.15, 0.2) is 6.23 Å². The number of rotatable bonds is 7. The van der Waals surface area contributed by atoms with E-state index in [-0.39, 0.29) is 6.42 Å². The number of benzene rings is 2. The molecule has 6 heteroatoms. The number of amides is 2. The molecule has 3 N–H and O–H groups in total. The summed E-state index contributed by atoms with van der Waals surface area (Å²) in [5.74, 6) is 0.239. The predicted molar refractivity (Wildman–Crippen MR) is 101 cm³/mol. The monoisotopic (exact) mass is 356 g/mol. The van der Waals surface area contributed by atoms with E-state index in [9.17, 15) is 9.59 Å². The summed E-state index contributed by atoms with van der Waals surface area (Å²) in [7, 11) is 0. The van der Waals surface area contributed by atoms with Gasteiger partial charge in [-0.25, -0.2) is 4.79 Å². The molecule has 2 amide bonds. The Morgan fingerprint density at radius 2 is 1.62 bits per heavy atom. The van der Waals surface area contributed by atoms with Crippen molar-refractivity contribution in [2.24, 2.45) is 0 Å². The van der Waals surface area contributed by atoms with E-state index in [2.05, 4.69) is 24.5 Å². The van der Waals surface area contributed by atoms with Gasteiger partial charge in [-0.1, -0.05) is 38.1 Å². The van der Waals surface area contributed by atoms with E-state index < -0.39 is 18.2 Å². The lowest BCUT2D eigenvalue weighted by molar-refractivity contribution is -0.136. The lowest BCUT2D eigenvalue weighted by Gasteiger charge is -2.17. The first-order valence-electron chi connectivity index (χ1n) is 8.48. The molecular weight excluding hydrogens is 332 g/mol. The van der Waals surface area contributed by atoms with Crippen LogP contribution in [0.1, 0.15) is 37.8 Å². The fourth-order valence-corrected chi connectivity index (χ4v) is 2.40. The maximum Gasteiger partial charge on any atom is 0.322 e. The van der Waals surface area contributed by atoms with Crippen molar-refractivity contribution in [2.75, 3.05) is 5.32 Å². The van der Waals surface area contributed by atoms with Crippen LogP contribution in [-0.2, 0) is 11.2 Å². The van der Waals surface area contributed by atoms with Crippen molar-refractivity contribution in [2.45, 2.75) is 39.3 Å². The highest BCUT2D eigenvalue weighted by Crippen LogP contribution is 2.19. The van der Waals surface area contributed by atoms with E-state index in [4.69, 9.17) is 9.84 Å². The minimum atomic E-state index is -0.893. The number of hydrogen-bond donors (Lipinski definition) is 3. The topological polar surface area (TPSA) is 87.7 Å². The fourth-order valence-electron chi connectivity index (χ4n) is 2.40. The molecule has 2 aromatic rings. The van der Waals surface area contributed by atoms with E-state index in [0.717, 1.165) is 0 Å². The number of nitrogens with one attached hydrogen (secondary N) is 2. The van der Waals surface area contributed by atoms with Gasteiger partial charge in [0.2, 0.25) is 0 Å². The molecule has 0 aliphatic heterocycles. The molecule has 0 saturated carbocycles. The molecule has 138 valence electrons. The summed E-state index contributed by atoms with van der Waals surface area (Å²) in [4.78, 5) is 22.7. The average molecular weight is 356 g/mol. The summed E-state index contributed by atoms with van der Waals surface area (Å²) in [6.07, 6.45) is -0.557. The highest BCUT2D eigenvalue weighted by Gasteiger charge is 2.09. The molecule has 6 nitrogen and oxygen atoms in total. The number of carbonyl (C=O) groups excluding carboxylic acids is 1. The number of anilines is 1. The number of hydrogen-bond acceptors (Lipinski definition) is 3. The minimum absolute atomic E-state index is 0.0487. The molecule has 1 unspecified atom stereocenters. The van der Waals surface area contributed by atoms with Crippen molar-refractivity contribution >= 4 is 17.7 Å². The van der Waals surface area contributed by atoms with Crippen molar-refractivity contribution in [3.8, 4) is 5.75 Å². The van der Waals surface area contributed by atoms with Gasteiger partial charge in [0, 0.05) is 5.69 Å². The number of ether oxygens (including phenoxy) is 1. The van der Waals surface area contributed by atoms with Crippen molar-refractivity contribution in [3.63, 3.8) is 0 Å². The Morgan fingerprint density at radius 3 is 2.15 bits per heavy atom. The summed E-state index contributed by atoms with van der Waals surface area (Å²) in [6, 6.07) is 14.0. The highest BCUT2D eigenvalue weighted by atomic mass is 16.5. The molecule has 0 fully saturated rings. The lowest BCUT2D eigenvalue weighted by atomic mass is 10.0. The van der Waals surface area contributed by atoms with E-state index in [1.807, 2.05) is 24.3 Å². The van der Waals surface area contributed by atoms with Crippen molar-refractivity contribution in [1.82, 2.24) is 5.32 Å². The number of urea groups is 1. The number of aliphatic carboxylic acids is 1. The van der Waals surface area contributed by atoms with Gasteiger partial charge in [0.05, 0.1) is 6.42 Å². The van der Waals surface area contributed by atoms with Crippen LogP contribution in [-0.4, -0.2) is 23.3 Å². The summed E-state index contributed by atoms with van der Waals surface area (Å²) in [6.45, 7) is 5.99. The predicted octanol–water partition coefficient (Wildman–Crippen LogP) is 3.98. The molecule has 2 aromatic carbocycles.